The van der Waals surface area contributed by atoms with E-state index in [2.05, 4.69) is 34.8 Å². The molecule has 0 unspecified atom stereocenters. The fourth-order valence-corrected chi connectivity index (χ4v) is 8.01. The molecular weight excluding hydrogens is 586 g/mol. The Labute approximate surface area is 253 Å². The minimum Gasteiger partial charge on any atom is -0.391 e. The number of ether oxygens (including phenoxy) is 1. The van der Waals surface area contributed by atoms with Crippen molar-refractivity contribution < 1.29 is 28.9 Å². The molecule has 1 aromatic carbocycles. The Morgan fingerprint density at radius 2 is 1.93 bits per heavy atom. The van der Waals surface area contributed by atoms with Crippen LogP contribution in [0.15, 0.2) is 30.5 Å². The van der Waals surface area contributed by atoms with Gasteiger partial charge in [0, 0.05) is 34.8 Å². The van der Waals surface area contributed by atoms with Crippen LogP contribution >= 0.6 is 23.2 Å². The Morgan fingerprint density at radius 1 is 1.19 bits per heavy atom. The molecule has 1 aliphatic carbocycles. The van der Waals surface area contributed by atoms with Gasteiger partial charge in [-0.3, -0.25) is 14.9 Å². The van der Waals surface area contributed by atoms with Gasteiger partial charge in [0.05, 0.1) is 25.3 Å². The van der Waals surface area contributed by atoms with Crippen molar-refractivity contribution in [1.82, 2.24) is 15.6 Å². The lowest BCUT2D eigenvalue weighted by Gasteiger charge is -2.50. The van der Waals surface area contributed by atoms with E-state index in [1.54, 1.807) is 18.2 Å². The first-order valence-electron chi connectivity index (χ1n) is 14.3. The normalized spacial score (nSPS) is 33.0. The monoisotopic (exact) mass is 620 g/mol. The summed E-state index contributed by atoms with van der Waals surface area (Å²) in [5.74, 6) is -4.16. The van der Waals surface area contributed by atoms with Gasteiger partial charge in [-0.15, -0.1) is 0 Å². The highest BCUT2D eigenvalue weighted by Crippen LogP contribution is 2.64. The van der Waals surface area contributed by atoms with Crippen molar-refractivity contribution in [3.63, 3.8) is 0 Å². The first-order valence-corrected chi connectivity index (χ1v) is 15.1. The molecule has 9 nitrogen and oxygen atoms in total. The van der Waals surface area contributed by atoms with E-state index in [0.29, 0.717) is 35.5 Å². The molecule has 0 radical (unpaired) electrons. The van der Waals surface area contributed by atoms with Gasteiger partial charge in [0.25, 0.3) is 0 Å². The average molecular weight is 622 g/mol. The van der Waals surface area contributed by atoms with Crippen LogP contribution < -0.4 is 16.0 Å². The number of aliphatic hydroxyl groups excluding tert-OH is 1. The molecule has 2 saturated heterocycles. The SMILES string of the molecule is CC1(C)CCC2(CC1)N[C@@H](C(=O)N[C@@H]1CC[C@](O)(CO)OC1)[C@H](c1ccnc(Cl)c1F)[C@]21C(=O)Nc2cc(Cl)ccc21. The number of hydrogen-bond donors (Lipinski definition) is 5. The summed E-state index contributed by atoms with van der Waals surface area (Å²) in [5, 5.41) is 29.5. The summed E-state index contributed by atoms with van der Waals surface area (Å²) in [6.07, 6.45) is 4.60. The number of hydrogen-bond acceptors (Lipinski definition) is 7. The highest BCUT2D eigenvalue weighted by atomic mass is 35.5. The van der Waals surface area contributed by atoms with E-state index in [9.17, 15) is 19.8 Å². The number of pyridine rings is 1. The van der Waals surface area contributed by atoms with Gasteiger partial charge in [0.15, 0.2) is 16.8 Å². The van der Waals surface area contributed by atoms with Gasteiger partial charge in [0.1, 0.15) is 5.41 Å². The van der Waals surface area contributed by atoms with Crippen molar-refractivity contribution in [2.45, 2.75) is 87.1 Å². The lowest BCUT2D eigenvalue weighted by molar-refractivity contribution is -0.247. The molecule has 226 valence electrons. The zero-order valence-corrected chi connectivity index (χ0v) is 25.0. The Bertz CT molecular complexity index is 1420. The summed E-state index contributed by atoms with van der Waals surface area (Å²) in [4.78, 5) is 32.6. The Balaban J connectivity index is 1.50. The van der Waals surface area contributed by atoms with Gasteiger partial charge >= 0.3 is 0 Å². The van der Waals surface area contributed by atoms with Crippen LogP contribution in [-0.4, -0.2) is 63.6 Å². The van der Waals surface area contributed by atoms with Crippen molar-refractivity contribution in [2.75, 3.05) is 18.5 Å². The molecular formula is C30H35Cl2FN4O5. The van der Waals surface area contributed by atoms with Crippen molar-refractivity contribution >= 4 is 40.7 Å². The zero-order valence-electron chi connectivity index (χ0n) is 23.5. The standard InChI is InChI=1S/C30H35Cl2FN4O5/c1-27(2)8-10-28(11-9-27)30(19-4-3-16(31)13-20(19)36-26(30)40)21(18-6-12-34-24(32)22(18)33)23(37-28)25(39)35-17-5-7-29(41,15-38)42-14-17/h3-4,6,12-13,17,21,23,37-38,41H,5,7-11,14-15H2,1-2H3,(H,35,39)(H,36,40)/t17-,21+,23-,29-,30-/m1/s1. The van der Waals surface area contributed by atoms with E-state index >= 15 is 4.39 Å². The van der Waals surface area contributed by atoms with Crippen LogP contribution in [0, 0.1) is 11.2 Å². The third-order valence-electron chi connectivity index (χ3n) is 9.98. The van der Waals surface area contributed by atoms with E-state index in [1.807, 2.05) is 0 Å². The molecule has 42 heavy (non-hydrogen) atoms. The first-order chi connectivity index (χ1) is 19.8. The smallest absolute Gasteiger partial charge is 0.238 e. The van der Waals surface area contributed by atoms with E-state index in [1.165, 1.54) is 12.3 Å². The molecule has 0 bridgehead atoms. The van der Waals surface area contributed by atoms with Crippen molar-refractivity contribution in [3.05, 3.63) is 57.6 Å². The quantitative estimate of drug-likeness (QED) is 0.329. The van der Waals surface area contributed by atoms with Gasteiger partial charge in [-0.05, 0) is 66.8 Å². The molecule has 3 aliphatic heterocycles. The van der Waals surface area contributed by atoms with Crippen LogP contribution in [0.5, 0.6) is 0 Å². The molecule has 5 N–H and O–H groups in total. The van der Waals surface area contributed by atoms with Crippen LogP contribution in [-0.2, 0) is 19.7 Å². The van der Waals surface area contributed by atoms with E-state index in [4.69, 9.17) is 27.9 Å². The number of nitrogens with zero attached hydrogens (tertiary/aromatic N) is 1. The van der Waals surface area contributed by atoms with Crippen LogP contribution in [0.25, 0.3) is 0 Å². The minimum absolute atomic E-state index is 0.0120. The van der Waals surface area contributed by atoms with E-state index in [-0.39, 0.29) is 35.1 Å². The molecule has 2 aromatic rings. The van der Waals surface area contributed by atoms with E-state index in [0.717, 1.165) is 12.8 Å². The topological polar surface area (TPSA) is 133 Å². The van der Waals surface area contributed by atoms with Crippen molar-refractivity contribution in [3.8, 4) is 0 Å². The number of carbonyl (C=O) groups excluding carboxylic acids is 2. The number of aliphatic hydroxyl groups is 2. The molecule has 12 heteroatoms. The second-order valence-electron chi connectivity index (χ2n) is 13.0. The minimum atomic E-state index is -1.65. The zero-order chi connectivity index (χ0) is 30.1. The van der Waals surface area contributed by atoms with E-state index < -0.39 is 53.1 Å². The highest BCUT2D eigenvalue weighted by Gasteiger charge is 2.73. The molecule has 6 rings (SSSR count). The molecule has 3 fully saturated rings. The lowest BCUT2D eigenvalue weighted by atomic mass is 9.53. The summed E-state index contributed by atoms with van der Waals surface area (Å²) in [6, 6.07) is 5.21. The molecule has 1 saturated carbocycles. The predicted molar refractivity (Wildman–Crippen MR) is 155 cm³/mol. The molecule has 2 amide bonds. The summed E-state index contributed by atoms with van der Waals surface area (Å²) in [6.45, 7) is 3.80. The molecule has 2 spiro atoms. The Morgan fingerprint density at radius 3 is 2.60 bits per heavy atom. The van der Waals surface area contributed by atoms with Crippen LogP contribution in [0.2, 0.25) is 10.2 Å². The fraction of sp³-hybridized carbons (Fsp3) is 0.567. The summed E-state index contributed by atoms with van der Waals surface area (Å²) >= 11 is 12.5. The average Bonchev–Trinajstić information content (AvgIpc) is 3.41. The molecule has 1 aromatic heterocycles. The highest BCUT2D eigenvalue weighted by molar-refractivity contribution is 6.31. The number of benzene rings is 1. The first kappa shape index (κ1) is 29.7. The summed E-state index contributed by atoms with van der Waals surface area (Å²) in [5.41, 5.74) is -0.912. The number of amides is 2. The number of anilines is 1. The van der Waals surface area contributed by atoms with Gasteiger partial charge < -0.3 is 25.6 Å². The van der Waals surface area contributed by atoms with Gasteiger partial charge in [-0.25, -0.2) is 9.37 Å². The number of halogens is 3. The largest absolute Gasteiger partial charge is 0.391 e. The maximum atomic E-state index is 16.0. The number of carbonyl (C=O) groups is 2. The fourth-order valence-electron chi connectivity index (χ4n) is 7.67. The number of aromatic nitrogens is 1. The second-order valence-corrected chi connectivity index (χ2v) is 13.8. The summed E-state index contributed by atoms with van der Waals surface area (Å²) < 4.78 is 21.4. The van der Waals surface area contributed by atoms with Crippen molar-refractivity contribution in [2.24, 2.45) is 5.41 Å². The lowest BCUT2D eigenvalue weighted by Crippen LogP contribution is -2.61. The summed E-state index contributed by atoms with van der Waals surface area (Å²) in [7, 11) is 0. The molecule has 5 atom stereocenters. The van der Waals surface area contributed by atoms with Gasteiger partial charge in [-0.2, -0.15) is 0 Å². The Hall–Kier alpha value is -2.34. The third-order valence-corrected chi connectivity index (χ3v) is 10.5. The Kier molecular flexibility index (Phi) is 7.35. The van der Waals surface area contributed by atoms with Gasteiger partial charge in [-0.1, -0.05) is 43.1 Å². The molecule has 4 aliphatic rings. The second kappa shape index (κ2) is 10.4. The predicted octanol–water partition coefficient (Wildman–Crippen LogP) is 3.79. The molecule has 4 heterocycles. The van der Waals surface area contributed by atoms with Crippen LogP contribution in [0.4, 0.5) is 10.1 Å². The van der Waals surface area contributed by atoms with Crippen LogP contribution in [0.3, 0.4) is 0 Å². The van der Waals surface area contributed by atoms with Crippen molar-refractivity contribution in [1.29, 1.82) is 0 Å². The number of nitrogens with one attached hydrogen (secondary N) is 3. The van der Waals surface area contributed by atoms with Gasteiger partial charge in [0.2, 0.25) is 11.8 Å². The third kappa shape index (κ3) is 4.53. The number of fused-ring (bicyclic) bond motifs is 3. The van der Waals surface area contributed by atoms with Crippen LogP contribution in [0.1, 0.15) is 69.4 Å². The maximum Gasteiger partial charge on any atom is 0.238 e. The maximum absolute atomic E-state index is 16.0. The number of rotatable bonds is 4.